The first-order valence-corrected chi connectivity index (χ1v) is 13.3. The molecule has 3 aromatic carbocycles. The van der Waals surface area contributed by atoms with E-state index in [1.54, 1.807) is 7.11 Å². The molecule has 200 valence electrons. The van der Waals surface area contributed by atoms with Gasteiger partial charge in [-0.15, -0.1) is 0 Å². The van der Waals surface area contributed by atoms with Crippen LogP contribution >= 0.6 is 0 Å². The minimum absolute atomic E-state index is 0.0229. The van der Waals surface area contributed by atoms with Crippen molar-refractivity contribution in [2.24, 2.45) is 5.92 Å². The van der Waals surface area contributed by atoms with Crippen molar-refractivity contribution in [2.75, 3.05) is 40.1 Å². The predicted octanol–water partition coefficient (Wildman–Crippen LogP) is 5.06. The van der Waals surface area contributed by atoms with E-state index in [0.29, 0.717) is 12.5 Å². The number of nitrogens with one attached hydrogen (secondary N) is 1. The summed E-state index contributed by atoms with van der Waals surface area (Å²) >= 11 is 0. The molecule has 0 radical (unpaired) electrons. The van der Waals surface area contributed by atoms with Crippen molar-refractivity contribution in [1.29, 1.82) is 0 Å². The van der Waals surface area contributed by atoms with Crippen molar-refractivity contribution in [2.45, 2.75) is 32.7 Å². The molecule has 7 heteroatoms. The van der Waals surface area contributed by atoms with Crippen molar-refractivity contribution in [3.63, 3.8) is 0 Å². The van der Waals surface area contributed by atoms with Crippen molar-refractivity contribution in [1.82, 2.24) is 10.2 Å². The number of carbonyl (C=O) groups is 1. The van der Waals surface area contributed by atoms with Gasteiger partial charge in [-0.25, -0.2) is 0 Å². The Balaban J connectivity index is 1.25. The third kappa shape index (κ3) is 6.58. The Kier molecular flexibility index (Phi) is 8.34. The zero-order chi connectivity index (χ0) is 26.3. The van der Waals surface area contributed by atoms with E-state index in [0.717, 1.165) is 71.3 Å². The van der Waals surface area contributed by atoms with Gasteiger partial charge in [-0.05, 0) is 84.8 Å². The van der Waals surface area contributed by atoms with Gasteiger partial charge in [0.15, 0.2) is 18.1 Å². The third-order valence-corrected chi connectivity index (χ3v) is 7.13. The maximum atomic E-state index is 12.6. The predicted molar refractivity (Wildman–Crippen MR) is 147 cm³/mol. The summed E-state index contributed by atoms with van der Waals surface area (Å²) in [5, 5.41) is 2.97. The number of rotatable bonds is 10. The summed E-state index contributed by atoms with van der Waals surface area (Å²) in [5.74, 6) is 3.65. The van der Waals surface area contributed by atoms with E-state index in [9.17, 15) is 4.79 Å². The van der Waals surface area contributed by atoms with E-state index in [2.05, 4.69) is 23.2 Å². The number of benzene rings is 3. The van der Waals surface area contributed by atoms with E-state index in [1.165, 1.54) is 12.8 Å². The van der Waals surface area contributed by atoms with Crippen LogP contribution in [0.15, 0.2) is 60.7 Å². The number of amides is 1. The van der Waals surface area contributed by atoms with Gasteiger partial charge >= 0.3 is 0 Å². The summed E-state index contributed by atoms with van der Waals surface area (Å²) in [5.41, 5.74) is 4.34. The Bertz CT molecular complexity index is 1260. The van der Waals surface area contributed by atoms with E-state index in [-0.39, 0.29) is 19.3 Å². The smallest absolute Gasteiger partial charge is 0.257 e. The van der Waals surface area contributed by atoms with E-state index < -0.39 is 0 Å². The molecule has 1 fully saturated rings. The van der Waals surface area contributed by atoms with Crippen LogP contribution in [0, 0.1) is 5.92 Å². The highest BCUT2D eigenvalue weighted by molar-refractivity contribution is 5.77. The Morgan fingerprint density at radius 2 is 1.89 bits per heavy atom. The molecule has 38 heavy (non-hydrogen) atoms. The van der Waals surface area contributed by atoms with Gasteiger partial charge in [-0.1, -0.05) is 31.2 Å². The topological polar surface area (TPSA) is 69.3 Å². The van der Waals surface area contributed by atoms with E-state index in [1.807, 2.05) is 54.6 Å². The Morgan fingerprint density at radius 3 is 2.76 bits per heavy atom. The molecule has 2 aliphatic rings. The lowest BCUT2D eigenvalue weighted by Crippen LogP contribution is -2.34. The standard InChI is InChI=1S/C31H36N2O5/c1-22-5-4-14-33(18-22)19-26-16-24(25-9-11-29-30(17-25)38-21-37-29)8-10-28(26)36-20-31(34)32-13-12-23-6-3-7-27(15-23)35-2/h3,6-11,15-17,22H,4-5,12-14,18-21H2,1-2H3,(H,32,34)/t22-/m0/s1. The van der Waals surface area contributed by atoms with Crippen molar-refractivity contribution < 1.29 is 23.7 Å². The quantitative estimate of drug-likeness (QED) is 0.406. The minimum atomic E-state index is -0.134. The summed E-state index contributed by atoms with van der Waals surface area (Å²) in [6.45, 7) is 6.01. The van der Waals surface area contributed by atoms with Crippen LogP contribution in [0.4, 0.5) is 0 Å². The molecule has 0 saturated carbocycles. The second-order valence-electron chi connectivity index (χ2n) is 10.1. The van der Waals surface area contributed by atoms with Crippen LogP contribution in [0.1, 0.15) is 30.9 Å². The zero-order valence-electron chi connectivity index (χ0n) is 22.2. The number of likely N-dealkylation sites (tertiary alicyclic amines) is 1. The first kappa shape index (κ1) is 25.9. The van der Waals surface area contributed by atoms with Crippen LogP contribution in [-0.2, 0) is 17.8 Å². The number of carbonyl (C=O) groups excluding carboxylic acids is 1. The molecule has 1 atom stereocenters. The molecular weight excluding hydrogens is 480 g/mol. The maximum Gasteiger partial charge on any atom is 0.257 e. The molecule has 0 aromatic heterocycles. The summed E-state index contributed by atoms with van der Waals surface area (Å²) in [6, 6.07) is 20.1. The lowest BCUT2D eigenvalue weighted by Gasteiger charge is -2.31. The molecule has 2 aliphatic heterocycles. The summed E-state index contributed by atoms with van der Waals surface area (Å²) < 4.78 is 22.4. The number of nitrogens with zero attached hydrogens (tertiary/aromatic N) is 1. The number of piperidine rings is 1. The van der Waals surface area contributed by atoms with Gasteiger partial charge in [0, 0.05) is 25.2 Å². The molecule has 5 rings (SSSR count). The highest BCUT2D eigenvalue weighted by Crippen LogP contribution is 2.37. The molecule has 3 aromatic rings. The summed E-state index contributed by atoms with van der Waals surface area (Å²) in [4.78, 5) is 15.1. The van der Waals surface area contributed by atoms with Crippen molar-refractivity contribution >= 4 is 5.91 Å². The maximum absolute atomic E-state index is 12.6. The second-order valence-corrected chi connectivity index (χ2v) is 10.1. The summed E-state index contributed by atoms with van der Waals surface area (Å²) in [6.07, 6.45) is 3.20. The highest BCUT2D eigenvalue weighted by Gasteiger charge is 2.20. The lowest BCUT2D eigenvalue weighted by atomic mass is 9.98. The van der Waals surface area contributed by atoms with Gasteiger partial charge in [0.05, 0.1) is 7.11 Å². The van der Waals surface area contributed by atoms with Crippen molar-refractivity contribution in [3.05, 3.63) is 71.8 Å². The average Bonchev–Trinajstić information content (AvgIpc) is 3.41. The molecule has 1 N–H and O–H groups in total. The van der Waals surface area contributed by atoms with Crippen LogP contribution in [0.2, 0.25) is 0 Å². The number of hydrogen-bond donors (Lipinski definition) is 1. The largest absolute Gasteiger partial charge is 0.497 e. The molecule has 1 saturated heterocycles. The zero-order valence-corrected chi connectivity index (χ0v) is 22.2. The second kappa shape index (κ2) is 12.2. The Morgan fingerprint density at radius 1 is 1.05 bits per heavy atom. The van der Waals surface area contributed by atoms with Crippen LogP contribution < -0.4 is 24.3 Å². The van der Waals surface area contributed by atoms with Crippen molar-refractivity contribution in [3.8, 4) is 34.1 Å². The van der Waals surface area contributed by atoms with Gasteiger partial charge in [-0.3, -0.25) is 9.69 Å². The van der Waals surface area contributed by atoms with Crippen LogP contribution in [0.3, 0.4) is 0 Å². The molecule has 0 spiro atoms. The molecule has 2 heterocycles. The van der Waals surface area contributed by atoms with Gasteiger partial charge in [0.2, 0.25) is 6.79 Å². The molecular formula is C31H36N2O5. The van der Waals surface area contributed by atoms with Gasteiger partial charge in [0.25, 0.3) is 5.91 Å². The van der Waals surface area contributed by atoms with E-state index in [4.69, 9.17) is 18.9 Å². The number of hydrogen-bond acceptors (Lipinski definition) is 6. The number of fused-ring (bicyclic) bond motifs is 1. The lowest BCUT2D eigenvalue weighted by molar-refractivity contribution is -0.123. The number of methoxy groups -OCH3 is 1. The van der Waals surface area contributed by atoms with E-state index >= 15 is 0 Å². The third-order valence-electron chi connectivity index (χ3n) is 7.13. The average molecular weight is 517 g/mol. The fraction of sp³-hybridized carbons (Fsp3) is 0.387. The molecule has 1 amide bonds. The summed E-state index contributed by atoms with van der Waals surface area (Å²) in [7, 11) is 1.65. The fourth-order valence-corrected chi connectivity index (χ4v) is 5.14. The van der Waals surface area contributed by atoms with Crippen LogP contribution in [0.5, 0.6) is 23.0 Å². The van der Waals surface area contributed by atoms with Crippen LogP contribution in [0.25, 0.3) is 11.1 Å². The normalized spacial score (nSPS) is 16.7. The first-order valence-electron chi connectivity index (χ1n) is 13.3. The molecule has 7 nitrogen and oxygen atoms in total. The highest BCUT2D eigenvalue weighted by atomic mass is 16.7. The molecule has 0 unspecified atom stereocenters. The first-order chi connectivity index (χ1) is 18.6. The van der Waals surface area contributed by atoms with Gasteiger partial charge in [-0.2, -0.15) is 0 Å². The van der Waals surface area contributed by atoms with Crippen LogP contribution in [-0.4, -0.2) is 51.0 Å². The minimum Gasteiger partial charge on any atom is -0.497 e. The molecule has 0 aliphatic carbocycles. The Hall–Kier alpha value is -3.71. The monoisotopic (exact) mass is 516 g/mol. The Labute approximate surface area is 224 Å². The fourth-order valence-electron chi connectivity index (χ4n) is 5.14. The SMILES string of the molecule is COc1cccc(CCNC(=O)COc2ccc(-c3ccc4c(c3)OCO4)cc2CN2CCC[C@H](C)C2)c1. The van der Waals surface area contributed by atoms with Gasteiger partial charge in [0.1, 0.15) is 11.5 Å². The molecule has 0 bridgehead atoms. The number of ether oxygens (including phenoxy) is 4. The van der Waals surface area contributed by atoms with Gasteiger partial charge < -0.3 is 24.3 Å².